The third-order valence-electron chi connectivity index (χ3n) is 21.7. The van der Waals surface area contributed by atoms with E-state index in [9.17, 15) is 33.6 Å². The zero-order valence-corrected chi connectivity index (χ0v) is 73.8. The van der Waals surface area contributed by atoms with Crippen LogP contribution < -0.4 is 18.9 Å². The van der Waals surface area contributed by atoms with Crippen molar-refractivity contribution in [1.29, 1.82) is 0 Å². The number of carbonyl (C=O) groups is 7. The smallest absolute Gasteiger partial charge is 0.315 e. The maximum absolute atomic E-state index is 13.5. The average molecular weight is 1810 g/mol. The number of carboxylic acids is 3. The summed E-state index contributed by atoms with van der Waals surface area (Å²) in [6, 6.07) is 73.1. The molecule has 13 aromatic rings. The number of tetrazole rings is 1. The number of H-pyrrole nitrogens is 1. The van der Waals surface area contributed by atoms with Crippen molar-refractivity contribution in [3.63, 3.8) is 0 Å². The van der Waals surface area contributed by atoms with Gasteiger partial charge in [0.25, 0.3) is 23.6 Å². The van der Waals surface area contributed by atoms with Crippen LogP contribution in [0.3, 0.4) is 0 Å². The number of para-hydroxylation sites is 4. The number of aliphatic carboxylic acids is 3. The molecule has 4 aliphatic carbocycles. The molecular weight excluding hydrogens is 1700 g/mol. The summed E-state index contributed by atoms with van der Waals surface area (Å²) < 4.78 is 81.0. The highest BCUT2D eigenvalue weighted by Gasteiger charge is 2.38. The Balaban J connectivity index is 0.000000147. The van der Waals surface area contributed by atoms with Gasteiger partial charge in [-0.3, -0.25) is 33.6 Å². The van der Waals surface area contributed by atoms with Crippen LogP contribution in [0.15, 0.2) is 298 Å². The van der Waals surface area contributed by atoms with Gasteiger partial charge in [-0.05, 0) is 198 Å². The molecular formula is C108H106N8O18. The first-order chi connectivity index (χ1) is 67.3. The SMILES string of the molecule is [2H]C(c1ccccc1OC/C=C/CCC(=O)O)N(C(=O)c1ccc(-c2ccco2)cc1)C1CC1.[2H]C(c1ccccc1OCC#CCCC(=O)O)N(C(=O)c1ccc(-c2ccco2)cc1)C1CC1.[2H]C(c1ccccc1OCCC#CCC(=O)O)N(C(=O)c1ccc(-c2ccco2)cc1)C1CC1.[2H]C(c1ccccc1OCCCCCc1nn[nH]n1)N(C(=O)c1ccc(-c2ccco2)cc1)C1CC1. The lowest BCUT2D eigenvalue weighted by Gasteiger charge is -2.24. The minimum Gasteiger partial charge on any atom is -0.493 e. The summed E-state index contributed by atoms with van der Waals surface area (Å²) in [6.07, 6.45) is 21.5. The number of aromatic nitrogens is 4. The quantitative estimate of drug-likeness (QED) is 0.0157. The van der Waals surface area contributed by atoms with Gasteiger partial charge >= 0.3 is 17.9 Å². The maximum atomic E-state index is 13.5. The summed E-state index contributed by atoms with van der Waals surface area (Å²) >= 11 is 0. The Morgan fingerprint density at radius 2 is 0.739 bits per heavy atom. The fraction of sp³-hybridized carbons (Fsp3) is 0.278. The Kier molecular flexibility index (Phi) is 32.4. The fourth-order valence-corrected chi connectivity index (χ4v) is 14.1. The van der Waals surface area contributed by atoms with Gasteiger partial charge in [-0.1, -0.05) is 162 Å². The lowest BCUT2D eigenvalue weighted by atomic mass is 10.1. The molecule has 5 aromatic heterocycles. The number of aromatic amines is 1. The van der Waals surface area contributed by atoms with Crippen molar-refractivity contribution in [2.75, 3.05) is 26.4 Å². The molecule has 26 nitrogen and oxygen atoms in total. The van der Waals surface area contributed by atoms with E-state index in [0.29, 0.717) is 87.0 Å². The largest absolute Gasteiger partial charge is 0.493 e. The number of carbonyl (C=O) groups excluding carboxylic acids is 4. The normalized spacial score (nSPS) is 14.2. The molecule has 0 radical (unpaired) electrons. The Hall–Kier alpha value is -15.7. The average Bonchev–Trinajstić information content (AvgIpc) is 1.70. The van der Waals surface area contributed by atoms with Gasteiger partial charge in [-0.2, -0.15) is 5.21 Å². The number of unbranched alkanes of at least 4 members (excludes halogenated alkanes) is 2. The van der Waals surface area contributed by atoms with Crippen molar-refractivity contribution in [2.24, 2.45) is 0 Å². The summed E-state index contributed by atoms with van der Waals surface area (Å²) in [5.41, 5.74) is 8.20. The van der Waals surface area contributed by atoms with Gasteiger partial charge < -0.3 is 71.5 Å². The number of carboxylic acid groups (broad SMARTS) is 3. The molecule has 4 amide bonds. The van der Waals surface area contributed by atoms with E-state index >= 15 is 0 Å². The van der Waals surface area contributed by atoms with Crippen LogP contribution in [0.2, 0.25) is 0 Å². The molecule has 17 rings (SSSR count). The Bertz CT molecular complexity index is 6290. The molecule has 26 heteroatoms. The minimum absolute atomic E-state index is 0.0146. The third-order valence-corrected chi connectivity index (χ3v) is 21.7. The van der Waals surface area contributed by atoms with Gasteiger partial charge in [0.1, 0.15) is 65.7 Å². The van der Waals surface area contributed by atoms with E-state index in [-0.39, 0.29) is 93.3 Å². The number of nitrogens with zero attached hydrogens (tertiary/aromatic N) is 7. The summed E-state index contributed by atoms with van der Waals surface area (Å²) in [7, 11) is 0. The van der Waals surface area contributed by atoms with Gasteiger partial charge in [-0.25, -0.2) is 0 Å². The zero-order valence-electron chi connectivity index (χ0n) is 77.8. The van der Waals surface area contributed by atoms with Crippen LogP contribution in [0.5, 0.6) is 23.0 Å². The van der Waals surface area contributed by atoms with Crippen molar-refractivity contribution in [3.05, 3.63) is 330 Å². The molecule has 8 aromatic carbocycles. The number of benzene rings is 8. The van der Waals surface area contributed by atoms with Gasteiger partial charge in [0.15, 0.2) is 5.82 Å². The maximum Gasteiger partial charge on any atom is 0.315 e. The van der Waals surface area contributed by atoms with Crippen molar-refractivity contribution in [1.82, 2.24) is 40.2 Å². The van der Waals surface area contributed by atoms with Gasteiger partial charge in [0, 0.05) is 143 Å². The van der Waals surface area contributed by atoms with Crippen LogP contribution in [0, 0.1) is 23.7 Å². The number of amides is 4. The minimum atomic E-state index is -0.962. The van der Waals surface area contributed by atoms with Crippen LogP contribution in [0.1, 0.15) is 184 Å². The molecule has 4 unspecified atom stereocenters. The Labute approximate surface area is 783 Å². The van der Waals surface area contributed by atoms with Crippen molar-refractivity contribution in [2.45, 2.75) is 166 Å². The fourth-order valence-electron chi connectivity index (χ4n) is 14.1. The van der Waals surface area contributed by atoms with Crippen LogP contribution in [0.25, 0.3) is 45.3 Å². The molecule has 4 atom stereocenters. The predicted molar refractivity (Wildman–Crippen MR) is 503 cm³/mol. The second-order valence-corrected chi connectivity index (χ2v) is 31.9. The van der Waals surface area contributed by atoms with Gasteiger partial charge in [0.2, 0.25) is 0 Å². The standard InChI is InChI=1S/C27H29N5O3.C27H27NO5.2C27H25NO5/c33-27(21-13-11-20(12-14-21)24-9-6-18-35-24)32(23-15-16-23)19-22-7-3-4-8-25(22)34-17-5-1-2-10-26-28-30-31-29-26;3*29-26(30)10-2-1-5-17-32-25-8-4-3-7-22(25)19-28(23-15-16-23)27(31)21-13-11-20(12-14-21)24-9-6-18-33-24/h3-4,6-9,11-14,18,23H,1-2,5,10,15-17,19H2,(H,28,29,30,31);1,3-9,11-14,18,23H,2,10,15-17,19H2,(H,29,30);3-4,6-9,11-14,18,23H,5,10,15-17,19H2,(H,29,30);3-4,6-9,11-14,18,23H,2,10,15-17,19H2,(H,29,30)/b;5-1+;;/i4*19D. The first-order valence-electron chi connectivity index (χ1n) is 47.0. The van der Waals surface area contributed by atoms with E-state index in [4.69, 9.17) is 57.4 Å². The molecule has 0 saturated heterocycles. The van der Waals surface area contributed by atoms with E-state index in [1.807, 2.05) is 158 Å². The zero-order chi connectivity index (χ0) is 96.5. The molecule has 4 aliphatic rings. The molecule has 0 aliphatic heterocycles. The molecule has 4 saturated carbocycles. The summed E-state index contributed by atoms with van der Waals surface area (Å²) in [5.74, 6) is 13.4. The number of furan rings is 4. The lowest BCUT2D eigenvalue weighted by Crippen LogP contribution is -2.32. The van der Waals surface area contributed by atoms with Crippen molar-refractivity contribution in [3.8, 4) is 92.0 Å². The van der Waals surface area contributed by atoms with Gasteiger partial charge in [-0.15, -0.1) is 10.2 Å². The van der Waals surface area contributed by atoms with Crippen LogP contribution in [-0.2, 0) is 46.9 Å². The number of hydrogen-bond donors (Lipinski definition) is 4. The van der Waals surface area contributed by atoms with Crippen molar-refractivity contribution >= 4 is 41.5 Å². The first kappa shape index (κ1) is 88.9. The monoisotopic (exact) mass is 1810 g/mol. The van der Waals surface area contributed by atoms with E-state index < -0.39 is 44.0 Å². The molecule has 5 heterocycles. The third kappa shape index (κ3) is 28.9. The lowest BCUT2D eigenvalue weighted by molar-refractivity contribution is -0.137. The molecule has 134 heavy (non-hydrogen) atoms. The number of allylic oxidation sites excluding steroid dienone is 1. The Morgan fingerprint density at radius 3 is 1.08 bits per heavy atom. The van der Waals surface area contributed by atoms with Crippen LogP contribution in [-0.4, -0.2) is 148 Å². The van der Waals surface area contributed by atoms with E-state index in [1.54, 1.807) is 142 Å². The number of hydrogen-bond acceptors (Lipinski definition) is 18. The molecule has 4 fully saturated rings. The molecule has 0 spiro atoms. The van der Waals surface area contributed by atoms with E-state index in [0.717, 1.165) is 128 Å². The second-order valence-electron chi connectivity index (χ2n) is 31.9. The summed E-state index contributed by atoms with van der Waals surface area (Å²) in [4.78, 5) is 92.0. The van der Waals surface area contributed by atoms with Crippen LogP contribution >= 0.6 is 0 Å². The number of nitrogens with one attached hydrogen (secondary N) is 1. The number of rotatable bonds is 41. The summed E-state index contributed by atoms with van der Waals surface area (Å²) in [5, 5.41) is 40.0. The highest BCUT2D eigenvalue weighted by Crippen LogP contribution is 2.38. The molecule has 0 bridgehead atoms. The van der Waals surface area contributed by atoms with E-state index in [2.05, 4.69) is 44.3 Å². The number of aryl methyl sites for hydroxylation is 1. The number of ether oxygens (including phenoxy) is 4. The van der Waals surface area contributed by atoms with E-state index in [1.165, 1.54) is 0 Å². The summed E-state index contributed by atoms with van der Waals surface area (Å²) in [6.45, 7) is -2.45. The van der Waals surface area contributed by atoms with Gasteiger partial charge in [0.05, 0.1) is 50.2 Å². The van der Waals surface area contributed by atoms with Crippen molar-refractivity contribution < 1.29 is 91.0 Å². The van der Waals surface area contributed by atoms with Crippen LogP contribution in [0.4, 0.5) is 0 Å². The second kappa shape index (κ2) is 48.8. The Morgan fingerprint density at radius 1 is 0.381 bits per heavy atom. The molecule has 686 valence electrons. The first-order valence-corrected chi connectivity index (χ1v) is 44.7. The topological polar surface area (TPSA) is 337 Å². The highest BCUT2D eigenvalue weighted by atomic mass is 16.5. The highest BCUT2D eigenvalue weighted by molar-refractivity contribution is 5.97. The predicted octanol–water partition coefficient (Wildman–Crippen LogP) is 20.6. The molecule has 4 N–H and O–H groups in total.